The molecule has 3 N–H and O–H groups in total. The zero-order valence-electron chi connectivity index (χ0n) is 16.7. The number of fused-ring (bicyclic) bond motifs is 1. The molecular weight excluding hydrogens is 469 g/mol. The lowest BCUT2D eigenvalue weighted by atomic mass is 9.95. The van der Waals surface area contributed by atoms with E-state index < -0.39 is 11.8 Å². The van der Waals surface area contributed by atoms with E-state index in [0.29, 0.717) is 37.7 Å². The Morgan fingerprint density at radius 2 is 1.97 bits per heavy atom. The second kappa shape index (κ2) is 9.21. The maximum Gasteiger partial charge on any atom is 0.267 e. The average molecular weight is 486 g/mol. The van der Waals surface area contributed by atoms with E-state index in [9.17, 15) is 14.9 Å². The summed E-state index contributed by atoms with van der Waals surface area (Å²) >= 11 is 13.6. The number of primary amides is 1. The van der Waals surface area contributed by atoms with Gasteiger partial charge in [-0.25, -0.2) is 0 Å². The number of nitriles is 1. The van der Waals surface area contributed by atoms with Crippen molar-refractivity contribution >= 4 is 57.4 Å². The van der Waals surface area contributed by atoms with Gasteiger partial charge < -0.3 is 15.5 Å². The molecule has 0 radical (unpaired) electrons. The third-order valence-electron chi connectivity index (χ3n) is 5.12. The Hall–Kier alpha value is -3.05. The molecule has 9 heteroatoms. The van der Waals surface area contributed by atoms with Gasteiger partial charge in [0.25, 0.3) is 11.8 Å². The van der Waals surface area contributed by atoms with Gasteiger partial charge in [0, 0.05) is 21.5 Å². The zero-order chi connectivity index (χ0) is 22.8. The molecule has 0 unspecified atom stereocenters. The number of nitrogens with one attached hydrogen (secondary N) is 1. The molecule has 32 heavy (non-hydrogen) atoms. The minimum Gasteiger partial charge on any atom is -0.457 e. The number of nitrogens with zero attached hydrogens (tertiary/aromatic N) is 1. The first-order valence-electron chi connectivity index (χ1n) is 9.80. The Labute approximate surface area is 198 Å². The molecule has 162 valence electrons. The molecule has 0 atom stereocenters. The number of carbonyl (C=O) groups excluding carboxylic acids is 2. The molecule has 0 spiro atoms. The van der Waals surface area contributed by atoms with Gasteiger partial charge in [-0.2, -0.15) is 5.26 Å². The molecule has 1 aromatic carbocycles. The van der Waals surface area contributed by atoms with Crippen molar-refractivity contribution in [2.75, 3.05) is 5.32 Å². The van der Waals surface area contributed by atoms with Gasteiger partial charge in [0.1, 0.15) is 28.2 Å². The van der Waals surface area contributed by atoms with Gasteiger partial charge in [0.2, 0.25) is 0 Å². The molecule has 0 bridgehead atoms. The predicted molar refractivity (Wildman–Crippen MR) is 126 cm³/mol. The van der Waals surface area contributed by atoms with Crippen LogP contribution in [0.3, 0.4) is 0 Å². The number of benzene rings is 1. The first-order valence-corrected chi connectivity index (χ1v) is 11.4. The highest BCUT2D eigenvalue weighted by Gasteiger charge is 2.25. The number of amides is 2. The fraction of sp³-hybridized carbons (Fsp3) is 0.174. The average Bonchev–Trinajstić information content (AvgIpc) is 3.37. The second-order valence-electron chi connectivity index (χ2n) is 7.23. The van der Waals surface area contributed by atoms with Gasteiger partial charge in [-0.1, -0.05) is 23.2 Å². The molecule has 2 heterocycles. The summed E-state index contributed by atoms with van der Waals surface area (Å²) in [7, 11) is 0. The zero-order valence-corrected chi connectivity index (χ0v) is 19.0. The molecule has 6 nitrogen and oxygen atoms in total. The first-order chi connectivity index (χ1) is 15.4. The minimum atomic E-state index is -0.646. The normalized spacial score (nSPS) is 13.3. The van der Waals surface area contributed by atoms with Crippen molar-refractivity contribution < 1.29 is 14.0 Å². The van der Waals surface area contributed by atoms with Gasteiger partial charge in [-0.15, -0.1) is 11.3 Å². The summed E-state index contributed by atoms with van der Waals surface area (Å²) in [6.45, 7) is 0. The summed E-state index contributed by atoms with van der Waals surface area (Å²) in [6.07, 6.45) is 4.92. The number of hydrogen-bond acceptors (Lipinski definition) is 5. The lowest BCUT2D eigenvalue weighted by Crippen LogP contribution is -2.19. The molecule has 0 aliphatic heterocycles. The fourth-order valence-electron chi connectivity index (χ4n) is 3.64. The molecule has 0 saturated carbocycles. The van der Waals surface area contributed by atoms with Crippen LogP contribution in [0.15, 0.2) is 40.3 Å². The van der Waals surface area contributed by atoms with E-state index in [0.717, 1.165) is 36.1 Å². The topological polar surface area (TPSA) is 109 Å². The van der Waals surface area contributed by atoms with Crippen molar-refractivity contribution in [1.82, 2.24) is 0 Å². The monoisotopic (exact) mass is 485 g/mol. The van der Waals surface area contributed by atoms with E-state index in [1.165, 1.54) is 17.4 Å². The smallest absolute Gasteiger partial charge is 0.267 e. The maximum atomic E-state index is 12.8. The summed E-state index contributed by atoms with van der Waals surface area (Å²) < 4.78 is 5.74. The third kappa shape index (κ3) is 4.44. The van der Waals surface area contributed by atoms with Crippen LogP contribution in [-0.4, -0.2) is 11.8 Å². The van der Waals surface area contributed by atoms with Gasteiger partial charge in [-0.05, 0) is 61.6 Å². The van der Waals surface area contributed by atoms with E-state index in [1.807, 2.05) is 6.07 Å². The lowest BCUT2D eigenvalue weighted by molar-refractivity contribution is -0.112. The van der Waals surface area contributed by atoms with Crippen LogP contribution < -0.4 is 11.1 Å². The van der Waals surface area contributed by atoms with Crippen LogP contribution in [0.2, 0.25) is 10.0 Å². The highest BCUT2D eigenvalue weighted by atomic mass is 35.5. The number of furan rings is 1. The number of thiophene rings is 1. The van der Waals surface area contributed by atoms with Crippen molar-refractivity contribution in [2.24, 2.45) is 5.73 Å². The van der Waals surface area contributed by atoms with Gasteiger partial charge >= 0.3 is 0 Å². The van der Waals surface area contributed by atoms with Crippen molar-refractivity contribution in [3.05, 3.63) is 67.7 Å². The van der Waals surface area contributed by atoms with Gasteiger partial charge in [0.05, 0.1) is 10.6 Å². The summed E-state index contributed by atoms with van der Waals surface area (Å²) in [5.74, 6) is -0.490. The Morgan fingerprint density at radius 3 is 2.72 bits per heavy atom. The molecule has 1 aliphatic rings. The minimum absolute atomic E-state index is 0.176. The molecule has 0 fully saturated rings. The number of anilines is 1. The molecule has 4 rings (SSSR count). The fourth-order valence-corrected chi connectivity index (χ4v) is 5.31. The highest BCUT2D eigenvalue weighted by molar-refractivity contribution is 7.17. The summed E-state index contributed by atoms with van der Waals surface area (Å²) in [5.41, 5.74) is 7.23. The van der Waals surface area contributed by atoms with Crippen LogP contribution >= 0.6 is 34.5 Å². The second-order valence-corrected chi connectivity index (χ2v) is 9.18. The largest absolute Gasteiger partial charge is 0.457 e. The number of nitrogens with two attached hydrogens (primary N) is 1. The quantitative estimate of drug-likeness (QED) is 0.349. The molecule has 3 aromatic rings. The van der Waals surface area contributed by atoms with Crippen molar-refractivity contribution in [3.63, 3.8) is 0 Å². The lowest BCUT2D eigenvalue weighted by Gasteiger charge is -2.11. The summed E-state index contributed by atoms with van der Waals surface area (Å²) in [6, 6.07) is 10.2. The van der Waals surface area contributed by atoms with Gasteiger partial charge in [0.15, 0.2) is 0 Å². The van der Waals surface area contributed by atoms with Crippen molar-refractivity contribution in [2.45, 2.75) is 25.7 Å². The highest BCUT2D eigenvalue weighted by Crippen LogP contribution is 2.38. The van der Waals surface area contributed by atoms with Crippen LogP contribution in [0.5, 0.6) is 0 Å². The Balaban J connectivity index is 1.60. The Bertz CT molecular complexity index is 1300. The number of hydrogen-bond donors (Lipinski definition) is 2. The van der Waals surface area contributed by atoms with E-state index in [1.54, 1.807) is 30.3 Å². The molecular formula is C23H17Cl2N3O3S. The molecule has 1 aliphatic carbocycles. The molecule has 0 saturated heterocycles. The number of rotatable bonds is 5. The standard InChI is InChI=1S/C23H17Cl2N3O3S/c24-13-5-7-17(25)16(10-13)18-8-6-14(31-18)9-12(11-26)22(30)28-23-20(21(27)29)15-3-1-2-4-19(15)32-23/h5-10H,1-4H2,(H2,27,29)(H,28,30)/b12-9-. The summed E-state index contributed by atoms with van der Waals surface area (Å²) in [5, 5.41) is 13.5. The van der Waals surface area contributed by atoms with E-state index >= 15 is 0 Å². The van der Waals surface area contributed by atoms with Crippen LogP contribution in [0.1, 0.15) is 39.4 Å². The van der Waals surface area contributed by atoms with Crippen LogP contribution in [0.4, 0.5) is 5.00 Å². The van der Waals surface area contributed by atoms with E-state index in [4.69, 9.17) is 33.4 Å². The number of aryl methyl sites for hydroxylation is 1. The Kier molecular flexibility index (Phi) is 6.38. The number of halogens is 2. The summed E-state index contributed by atoms with van der Waals surface area (Å²) in [4.78, 5) is 25.9. The Morgan fingerprint density at radius 1 is 1.19 bits per heavy atom. The SMILES string of the molecule is N#C/C(=C/c1ccc(-c2cc(Cl)ccc2Cl)o1)C(=O)Nc1sc2c(c1C(N)=O)CCCC2. The van der Waals surface area contributed by atoms with Crippen molar-refractivity contribution in [3.8, 4) is 17.4 Å². The maximum absolute atomic E-state index is 12.8. The van der Waals surface area contributed by atoms with Crippen LogP contribution in [0, 0.1) is 11.3 Å². The number of carbonyl (C=O) groups is 2. The van der Waals surface area contributed by atoms with E-state index in [-0.39, 0.29) is 5.57 Å². The first kappa shape index (κ1) is 22.2. The van der Waals surface area contributed by atoms with Crippen LogP contribution in [-0.2, 0) is 17.6 Å². The molecule has 2 amide bonds. The van der Waals surface area contributed by atoms with Crippen LogP contribution in [0.25, 0.3) is 17.4 Å². The van der Waals surface area contributed by atoms with E-state index in [2.05, 4.69) is 5.32 Å². The third-order valence-corrected chi connectivity index (χ3v) is 6.89. The molecule has 2 aromatic heterocycles. The predicted octanol–water partition coefficient (Wildman–Crippen LogP) is 5.84. The van der Waals surface area contributed by atoms with Gasteiger partial charge in [-0.3, -0.25) is 9.59 Å². The van der Waals surface area contributed by atoms with Crippen molar-refractivity contribution in [1.29, 1.82) is 5.26 Å².